The Bertz CT molecular complexity index is 451. The molecule has 1 aromatic heterocycles. The highest BCUT2D eigenvalue weighted by Crippen LogP contribution is 2.25. The lowest BCUT2D eigenvalue weighted by Crippen LogP contribution is -2.32. The monoisotopic (exact) mass is 405 g/mol. The van der Waals surface area contributed by atoms with Gasteiger partial charge >= 0.3 is 0 Å². The van der Waals surface area contributed by atoms with E-state index in [9.17, 15) is 0 Å². The van der Waals surface area contributed by atoms with Crippen molar-refractivity contribution < 1.29 is 4.57 Å². The number of rotatable bonds is 21. The number of hydrogen-bond donors (Lipinski definition) is 1. The zero-order chi connectivity index (χ0) is 21.0. The summed E-state index contributed by atoms with van der Waals surface area (Å²) in [5.41, 5.74) is 0. The van der Waals surface area contributed by atoms with Crippen LogP contribution in [0.1, 0.15) is 154 Å². The van der Waals surface area contributed by atoms with Crippen LogP contribution in [0.5, 0.6) is 0 Å². The van der Waals surface area contributed by atoms with Crippen LogP contribution in [0.25, 0.3) is 0 Å². The normalized spacial score (nSPS) is 12.5. The van der Waals surface area contributed by atoms with Crippen molar-refractivity contribution in [3.63, 3.8) is 0 Å². The van der Waals surface area contributed by atoms with Crippen molar-refractivity contribution in [2.75, 3.05) is 0 Å². The van der Waals surface area contributed by atoms with E-state index in [-0.39, 0.29) is 0 Å². The molecule has 0 amide bonds. The van der Waals surface area contributed by atoms with Crippen molar-refractivity contribution in [3.8, 4) is 0 Å². The van der Waals surface area contributed by atoms with Crippen LogP contribution in [0.2, 0.25) is 0 Å². The number of H-pyrrole nitrogens is 1. The lowest BCUT2D eigenvalue weighted by Gasteiger charge is -2.13. The summed E-state index contributed by atoms with van der Waals surface area (Å²) in [5, 5.41) is 0. The Balaban J connectivity index is 2.05. The molecular weight excluding hydrogens is 352 g/mol. The summed E-state index contributed by atoms with van der Waals surface area (Å²) < 4.78 is 2.30. The fourth-order valence-corrected chi connectivity index (χ4v) is 4.64. The van der Waals surface area contributed by atoms with Crippen LogP contribution in [0.15, 0.2) is 12.4 Å². The second-order valence-corrected chi connectivity index (χ2v) is 9.39. The molecule has 0 spiro atoms. The third kappa shape index (κ3) is 13.9. The van der Waals surface area contributed by atoms with Gasteiger partial charge in [-0.25, -0.2) is 9.55 Å². The van der Waals surface area contributed by atoms with Crippen LogP contribution in [0.3, 0.4) is 0 Å². The van der Waals surface area contributed by atoms with Crippen LogP contribution in [-0.4, -0.2) is 4.98 Å². The maximum atomic E-state index is 3.52. The highest BCUT2D eigenvalue weighted by Gasteiger charge is 2.20. The van der Waals surface area contributed by atoms with E-state index in [1.807, 2.05) is 0 Å². The van der Waals surface area contributed by atoms with Crippen LogP contribution in [-0.2, 0) is 7.05 Å². The Labute approximate surface area is 183 Å². The van der Waals surface area contributed by atoms with Gasteiger partial charge in [0.25, 0.3) is 5.82 Å². The molecule has 170 valence electrons. The third-order valence-corrected chi connectivity index (χ3v) is 6.61. The first-order valence-corrected chi connectivity index (χ1v) is 13.3. The van der Waals surface area contributed by atoms with Crippen LogP contribution in [0.4, 0.5) is 0 Å². The number of aryl methyl sites for hydroxylation is 1. The average molecular weight is 406 g/mol. The van der Waals surface area contributed by atoms with Gasteiger partial charge in [0.2, 0.25) is 0 Å². The highest BCUT2D eigenvalue weighted by atomic mass is 15.0. The second-order valence-electron chi connectivity index (χ2n) is 9.39. The molecule has 0 bridgehead atoms. The molecule has 2 nitrogen and oxygen atoms in total. The quantitative estimate of drug-likeness (QED) is 0.156. The fraction of sp³-hybridized carbons (Fsp3) is 0.889. The number of aromatic amines is 1. The molecule has 0 aromatic carbocycles. The molecule has 0 unspecified atom stereocenters. The Morgan fingerprint density at radius 2 is 1.00 bits per heavy atom. The van der Waals surface area contributed by atoms with E-state index in [4.69, 9.17) is 0 Å². The molecule has 0 aliphatic heterocycles. The van der Waals surface area contributed by atoms with Gasteiger partial charge in [-0.05, 0) is 12.8 Å². The van der Waals surface area contributed by atoms with E-state index in [1.54, 1.807) is 0 Å². The Kier molecular flexibility index (Phi) is 17.4. The van der Waals surface area contributed by atoms with Crippen molar-refractivity contribution in [2.45, 2.75) is 148 Å². The van der Waals surface area contributed by atoms with E-state index < -0.39 is 0 Å². The van der Waals surface area contributed by atoms with Gasteiger partial charge in [0.05, 0.1) is 13.0 Å². The summed E-state index contributed by atoms with van der Waals surface area (Å²) in [7, 11) is 2.19. The average Bonchev–Trinajstić information content (AvgIpc) is 3.15. The van der Waals surface area contributed by atoms with Gasteiger partial charge in [0.15, 0.2) is 0 Å². The standard InChI is InChI=1S/C27H52N2/c1-4-6-8-10-11-12-13-14-15-16-17-19-21-23-26(22-20-18-9-7-5-2)27-28-24-25-29(27)3/h24-26H,4-23H2,1-3H3/p+1/t26-/m0/s1. The smallest absolute Gasteiger partial charge is 0.247 e. The summed E-state index contributed by atoms with van der Waals surface area (Å²) in [6.45, 7) is 4.60. The zero-order valence-electron chi connectivity index (χ0n) is 20.3. The molecule has 0 aliphatic carbocycles. The van der Waals surface area contributed by atoms with Gasteiger partial charge in [-0.1, -0.05) is 129 Å². The van der Waals surface area contributed by atoms with Gasteiger partial charge in [-0.2, -0.15) is 0 Å². The fourth-order valence-electron chi connectivity index (χ4n) is 4.64. The van der Waals surface area contributed by atoms with Crippen molar-refractivity contribution in [3.05, 3.63) is 18.2 Å². The summed E-state index contributed by atoms with van der Waals surface area (Å²) in [6, 6.07) is 0. The molecule has 2 heteroatoms. The number of unbranched alkanes of at least 4 members (excludes halogenated alkanes) is 16. The van der Waals surface area contributed by atoms with Gasteiger partial charge in [0.1, 0.15) is 12.4 Å². The first kappa shape index (κ1) is 26.2. The second kappa shape index (κ2) is 19.2. The minimum absolute atomic E-state index is 0.726. The minimum atomic E-state index is 0.726. The topological polar surface area (TPSA) is 19.7 Å². The van der Waals surface area contributed by atoms with Crippen molar-refractivity contribution in [1.82, 2.24) is 4.98 Å². The lowest BCUT2D eigenvalue weighted by molar-refractivity contribution is -0.679. The van der Waals surface area contributed by atoms with E-state index >= 15 is 0 Å². The third-order valence-electron chi connectivity index (χ3n) is 6.61. The molecule has 1 atom stereocenters. The largest absolute Gasteiger partial charge is 0.257 e. The Morgan fingerprint density at radius 3 is 1.34 bits per heavy atom. The van der Waals surface area contributed by atoms with Crippen LogP contribution in [0, 0.1) is 0 Å². The molecule has 0 radical (unpaired) electrons. The summed E-state index contributed by atoms with van der Waals surface area (Å²) in [4.78, 5) is 3.52. The number of nitrogens with one attached hydrogen (secondary N) is 1. The van der Waals surface area contributed by atoms with Crippen LogP contribution >= 0.6 is 0 Å². The molecule has 1 aromatic rings. The zero-order valence-corrected chi connectivity index (χ0v) is 20.3. The maximum absolute atomic E-state index is 3.52. The maximum Gasteiger partial charge on any atom is 0.257 e. The molecule has 1 rings (SSSR count). The predicted octanol–water partition coefficient (Wildman–Crippen LogP) is 8.76. The van der Waals surface area contributed by atoms with Crippen LogP contribution < -0.4 is 4.57 Å². The minimum Gasteiger partial charge on any atom is -0.247 e. The van der Waals surface area contributed by atoms with Gasteiger partial charge in [-0.3, -0.25) is 0 Å². The first-order valence-electron chi connectivity index (χ1n) is 13.3. The van der Waals surface area contributed by atoms with E-state index in [1.165, 1.54) is 134 Å². The lowest BCUT2D eigenvalue weighted by atomic mass is 9.93. The number of hydrogen-bond acceptors (Lipinski definition) is 0. The Hall–Kier alpha value is -0.790. The van der Waals surface area contributed by atoms with Gasteiger partial charge in [-0.15, -0.1) is 0 Å². The molecule has 0 saturated carbocycles. The number of aromatic nitrogens is 2. The highest BCUT2D eigenvalue weighted by molar-refractivity contribution is 4.89. The van der Waals surface area contributed by atoms with E-state index in [2.05, 4.69) is 42.8 Å². The van der Waals surface area contributed by atoms with Gasteiger partial charge in [0, 0.05) is 0 Å². The molecule has 1 N–H and O–H groups in total. The Morgan fingerprint density at radius 1 is 0.621 bits per heavy atom. The summed E-state index contributed by atoms with van der Waals surface area (Å²) in [6.07, 6.45) is 32.7. The van der Waals surface area contributed by atoms with Gasteiger partial charge < -0.3 is 0 Å². The summed E-state index contributed by atoms with van der Waals surface area (Å²) in [5.74, 6) is 2.17. The number of nitrogens with zero attached hydrogens (tertiary/aromatic N) is 1. The van der Waals surface area contributed by atoms with Crippen molar-refractivity contribution in [2.24, 2.45) is 7.05 Å². The summed E-state index contributed by atoms with van der Waals surface area (Å²) >= 11 is 0. The van der Waals surface area contributed by atoms with E-state index in [0.29, 0.717) is 0 Å². The van der Waals surface area contributed by atoms with Crippen molar-refractivity contribution in [1.29, 1.82) is 0 Å². The van der Waals surface area contributed by atoms with Crippen molar-refractivity contribution >= 4 is 0 Å². The molecule has 29 heavy (non-hydrogen) atoms. The SMILES string of the molecule is CCCCCCCCCCCCCCC[C@H](CCCCCCC)c1[nH]cc[n+]1C. The molecular formula is C27H53N2+. The number of imidazole rings is 1. The van der Waals surface area contributed by atoms with E-state index in [0.717, 1.165) is 5.92 Å². The molecule has 0 fully saturated rings. The molecule has 0 aliphatic rings. The molecule has 0 saturated heterocycles. The predicted molar refractivity (Wildman–Crippen MR) is 128 cm³/mol. The molecule has 1 heterocycles. The first-order chi connectivity index (χ1) is 14.3.